The van der Waals surface area contributed by atoms with Crippen LogP contribution in [0, 0.1) is 0 Å². The molecule has 150 valence electrons. The first-order valence-corrected chi connectivity index (χ1v) is 11.1. The van der Waals surface area contributed by atoms with Crippen LogP contribution in [0.4, 0.5) is 5.69 Å². The Kier molecular flexibility index (Phi) is 6.72. The summed E-state index contributed by atoms with van der Waals surface area (Å²) in [7, 11) is -3.45. The van der Waals surface area contributed by atoms with E-state index in [1.807, 2.05) is 18.2 Å². The highest BCUT2D eigenvalue weighted by Crippen LogP contribution is 2.22. The normalized spacial score (nSPS) is 16.1. The number of carbonyl (C=O) groups excluding carboxylic acids is 1. The van der Waals surface area contributed by atoms with Gasteiger partial charge < -0.3 is 10.6 Å². The molecule has 0 spiro atoms. The van der Waals surface area contributed by atoms with Crippen LogP contribution in [0.15, 0.2) is 53.4 Å². The summed E-state index contributed by atoms with van der Waals surface area (Å²) in [5.41, 5.74) is 1.47. The molecule has 0 aromatic heterocycles. The Hall–Kier alpha value is -1.93. The zero-order valence-electron chi connectivity index (χ0n) is 15.7. The minimum absolute atomic E-state index is 0.206. The first-order chi connectivity index (χ1) is 13.4. The first-order valence-electron chi connectivity index (χ1n) is 9.26. The molecule has 1 heterocycles. The van der Waals surface area contributed by atoms with E-state index in [9.17, 15) is 13.2 Å². The number of benzene rings is 2. The molecule has 1 fully saturated rings. The van der Waals surface area contributed by atoms with Gasteiger partial charge in [0, 0.05) is 30.3 Å². The highest BCUT2D eigenvalue weighted by Gasteiger charge is 2.27. The third-order valence-corrected chi connectivity index (χ3v) is 7.06. The molecule has 2 aromatic carbocycles. The van der Waals surface area contributed by atoms with Gasteiger partial charge in [0.15, 0.2) is 0 Å². The number of anilines is 1. The lowest BCUT2D eigenvalue weighted by Crippen LogP contribution is -2.37. The van der Waals surface area contributed by atoms with E-state index in [2.05, 4.69) is 10.6 Å². The number of carbonyl (C=O) groups is 1. The van der Waals surface area contributed by atoms with Crippen molar-refractivity contribution >= 4 is 33.2 Å². The zero-order valence-corrected chi connectivity index (χ0v) is 17.3. The summed E-state index contributed by atoms with van der Waals surface area (Å²) in [4.78, 5) is 12.6. The molecular formula is C20H24ClN3O3S. The van der Waals surface area contributed by atoms with Crippen molar-refractivity contribution in [2.24, 2.45) is 0 Å². The van der Waals surface area contributed by atoms with E-state index in [4.69, 9.17) is 11.6 Å². The average molecular weight is 422 g/mol. The Morgan fingerprint density at radius 1 is 1.11 bits per heavy atom. The predicted octanol–water partition coefficient (Wildman–Crippen LogP) is 3.24. The van der Waals surface area contributed by atoms with Crippen molar-refractivity contribution in [3.8, 4) is 0 Å². The van der Waals surface area contributed by atoms with Crippen LogP contribution >= 0.6 is 11.6 Å². The first kappa shape index (κ1) is 20.8. The molecule has 0 unspecified atom stereocenters. The summed E-state index contributed by atoms with van der Waals surface area (Å²) < 4.78 is 26.6. The van der Waals surface area contributed by atoms with E-state index < -0.39 is 16.1 Å². The molecule has 1 aliphatic heterocycles. The van der Waals surface area contributed by atoms with Gasteiger partial charge in [0.1, 0.15) is 0 Å². The lowest BCUT2D eigenvalue weighted by molar-refractivity contribution is -0.117. The molecule has 8 heteroatoms. The van der Waals surface area contributed by atoms with E-state index in [1.54, 1.807) is 25.1 Å². The van der Waals surface area contributed by atoms with E-state index in [0.717, 1.165) is 18.4 Å². The van der Waals surface area contributed by atoms with Crippen LogP contribution in [0.25, 0.3) is 0 Å². The Bertz CT molecular complexity index is 926. The highest BCUT2D eigenvalue weighted by molar-refractivity contribution is 7.89. The molecule has 0 saturated carbocycles. The average Bonchev–Trinajstić information content (AvgIpc) is 3.23. The van der Waals surface area contributed by atoms with Crippen LogP contribution in [0.1, 0.15) is 25.3 Å². The number of hydrogen-bond acceptors (Lipinski definition) is 4. The number of halogens is 1. The van der Waals surface area contributed by atoms with Gasteiger partial charge in [0.05, 0.1) is 10.9 Å². The summed E-state index contributed by atoms with van der Waals surface area (Å²) in [5.74, 6) is -0.206. The lowest BCUT2D eigenvalue weighted by Gasteiger charge is -2.17. The van der Waals surface area contributed by atoms with E-state index >= 15 is 0 Å². The largest absolute Gasteiger partial charge is 0.325 e. The van der Waals surface area contributed by atoms with Gasteiger partial charge in [0.25, 0.3) is 0 Å². The van der Waals surface area contributed by atoms with Crippen molar-refractivity contribution in [3.05, 3.63) is 59.1 Å². The van der Waals surface area contributed by atoms with Crippen molar-refractivity contribution in [2.45, 2.75) is 37.2 Å². The molecule has 1 atom stereocenters. The molecule has 0 radical (unpaired) electrons. The smallest absolute Gasteiger partial charge is 0.243 e. The predicted molar refractivity (Wildman–Crippen MR) is 111 cm³/mol. The maximum atomic E-state index is 12.5. The minimum Gasteiger partial charge on any atom is -0.325 e. The monoisotopic (exact) mass is 421 g/mol. The van der Waals surface area contributed by atoms with Crippen molar-refractivity contribution < 1.29 is 13.2 Å². The van der Waals surface area contributed by atoms with Crippen molar-refractivity contribution in [2.75, 3.05) is 18.4 Å². The molecule has 0 bridgehead atoms. The number of rotatable bonds is 7. The van der Waals surface area contributed by atoms with E-state index in [0.29, 0.717) is 30.3 Å². The third kappa shape index (κ3) is 4.91. The van der Waals surface area contributed by atoms with Gasteiger partial charge in [-0.15, -0.1) is 0 Å². The summed E-state index contributed by atoms with van der Waals surface area (Å²) in [5, 5.41) is 6.58. The van der Waals surface area contributed by atoms with Gasteiger partial charge in [-0.05, 0) is 55.7 Å². The second-order valence-corrected chi connectivity index (χ2v) is 9.16. The maximum absolute atomic E-state index is 12.5. The van der Waals surface area contributed by atoms with Crippen LogP contribution in [-0.2, 0) is 21.4 Å². The Balaban J connectivity index is 1.57. The lowest BCUT2D eigenvalue weighted by atomic mass is 10.2. The molecule has 1 saturated heterocycles. The molecule has 28 heavy (non-hydrogen) atoms. The fraction of sp³-hybridized carbons (Fsp3) is 0.350. The summed E-state index contributed by atoms with van der Waals surface area (Å²) in [6.45, 7) is 3.37. The number of amides is 1. The molecular weight excluding hydrogens is 398 g/mol. The fourth-order valence-electron chi connectivity index (χ4n) is 3.04. The van der Waals surface area contributed by atoms with Crippen LogP contribution < -0.4 is 10.6 Å². The molecule has 6 nitrogen and oxygen atoms in total. The molecule has 2 aromatic rings. The topological polar surface area (TPSA) is 78.5 Å². The van der Waals surface area contributed by atoms with Crippen LogP contribution in [0.3, 0.4) is 0 Å². The quantitative estimate of drug-likeness (QED) is 0.719. The minimum atomic E-state index is -3.45. The summed E-state index contributed by atoms with van der Waals surface area (Å²) >= 11 is 6.12. The van der Waals surface area contributed by atoms with Gasteiger partial charge in [0.2, 0.25) is 15.9 Å². The zero-order chi connectivity index (χ0) is 20.1. The fourth-order valence-corrected chi connectivity index (χ4v) is 4.76. The van der Waals surface area contributed by atoms with Gasteiger partial charge in [-0.25, -0.2) is 8.42 Å². The molecule has 2 N–H and O–H groups in total. The van der Waals surface area contributed by atoms with Gasteiger partial charge in [-0.3, -0.25) is 4.79 Å². The van der Waals surface area contributed by atoms with E-state index in [1.165, 1.54) is 16.4 Å². The van der Waals surface area contributed by atoms with Gasteiger partial charge in [-0.1, -0.05) is 29.8 Å². The van der Waals surface area contributed by atoms with Crippen molar-refractivity contribution in [1.82, 2.24) is 9.62 Å². The van der Waals surface area contributed by atoms with Crippen LogP contribution in [0.2, 0.25) is 5.02 Å². The third-order valence-electron chi connectivity index (χ3n) is 4.77. The second kappa shape index (κ2) is 9.05. The van der Waals surface area contributed by atoms with Gasteiger partial charge >= 0.3 is 0 Å². The Labute approximate surface area is 170 Å². The molecule has 3 rings (SSSR count). The van der Waals surface area contributed by atoms with Crippen LogP contribution in [0.5, 0.6) is 0 Å². The van der Waals surface area contributed by atoms with Gasteiger partial charge in [-0.2, -0.15) is 4.31 Å². The SMILES string of the molecule is C[C@@H](NCc1ccccc1Cl)C(=O)Nc1ccc(S(=O)(=O)N2CCCC2)cc1. The van der Waals surface area contributed by atoms with Crippen molar-refractivity contribution in [1.29, 1.82) is 0 Å². The number of nitrogens with one attached hydrogen (secondary N) is 2. The van der Waals surface area contributed by atoms with Crippen LogP contribution in [-0.4, -0.2) is 37.8 Å². The second-order valence-electron chi connectivity index (χ2n) is 6.82. The molecule has 1 amide bonds. The number of sulfonamides is 1. The number of nitrogens with zero attached hydrogens (tertiary/aromatic N) is 1. The van der Waals surface area contributed by atoms with E-state index in [-0.39, 0.29) is 10.8 Å². The highest BCUT2D eigenvalue weighted by atomic mass is 35.5. The Morgan fingerprint density at radius 2 is 1.75 bits per heavy atom. The van der Waals surface area contributed by atoms with Crippen molar-refractivity contribution in [3.63, 3.8) is 0 Å². The molecule has 1 aliphatic rings. The molecule has 0 aliphatic carbocycles. The summed E-state index contributed by atoms with van der Waals surface area (Å²) in [6, 6.07) is 13.3. The number of hydrogen-bond donors (Lipinski definition) is 2. The standard InChI is InChI=1S/C20H24ClN3O3S/c1-15(22-14-16-6-2-3-7-19(16)21)20(25)23-17-8-10-18(11-9-17)28(26,27)24-12-4-5-13-24/h2-3,6-11,15,22H,4-5,12-14H2,1H3,(H,23,25)/t15-/m1/s1. The Morgan fingerprint density at radius 3 is 2.39 bits per heavy atom. The maximum Gasteiger partial charge on any atom is 0.243 e. The summed E-state index contributed by atoms with van der Waals surface area (Å²) in [6.07, 6.45) is 1.79.